The Balaban J connectivity index is 2.02. The van der Waals surface area contributed by atoms with Crippen molar-refractivity contribution >= 4 is 16.1 Å². The van der Waals surface area contributed by atoms with Gasteiger partial charge in [-0.05, 0) is 48.0 Å². The van der Waals surface area contributed by atoms with Crippen molar-refractivity contribution in [3.8, 4) is 6.07 Å². The fourth-order valence-electron chi connectivity index (χ4n) is 5.14. The molecule has 1 saturated heterocycles. The second-order valence-corrected chi connectivity index (χ2v) is 13.8. The molecule has 0 bridgehead atoms. The number of hydrogen-bond donors (Lipinski definition) is 1. The minimum atomic E-state index is -3.42. The quantitative estimate of drug-likeness (QED) is 0.217. The summed E-state index contributed by atoms with van der Waals surface area (Å²) >= 11 is 0. The molecule has 1 aromatic heterocycles. The van der Waals surface area contributed by atoms with Gasteiger partial charge in [0.2, 0.25) is 0 Å². The Hall–Kier alpha value is -1.45. The molecule has 1 aliphatic heterocycles. The molecule has 3 rings (SSSR count). The van der Waals surface area contributed by atoms with Crippen molar-refractivity contribution in [1.29, 1.82) is 5.26 Å². The third-order valence-electron chi connectivity index (χ3n) is 6.75. The van der Waals surface area contributed by atoms with Crippen LogP contribution in [0, 0.1) is 17.2 Å². The van der Waals surface area contributed by atoms with E-state index in [0.717, 1.165) is 0 Å². The van der Waals surface area contributed by atoms with E-state index < -0.39 is 57.6 Å². The molecule has 1 N–H and O–H groups in total. The van der Waals surface area contributed by atoms with Crippen LogP contribution in [0.2, 0.25) is 0 Å². The topological polar surface area (TPSA) is 154 Å². The second-order valence-electron chi connectivity index (χ2n) is 10.2. The Bertz CT molecular complexity index is 1150. The van der Waals surface area contributed by atoms with E-state index in [9.17, 15) is 14.2 Å². The highest BCUT2D eigenvalue weighted by molar-refractivity contribution is 7.55. The Morgan fingerprint density at radius 2 is 1.85 bits per heavy atom. The molecule has 13 nitrogen and oxygen atoms in total. The number of aromatic nitrogens is 2. The van der Waals surface area contributed by atoms with Gasteiger partial charge in [0.25, 0.3) is 14.1 Å². The Labute approximate surface area is 236 Å². The van der Waals surface area contributed by atoms with Crippen molar-refractivity contribution in [3.05, 3.63) is 33.1 Å². The van der Waals surface area contributed by atoms with Crippen LogP contribution in [0.5, 0.6) is 0 Å². The van der Waals surface area contributed by atoms with Crippen LogP contribution in [0.4, 0.5) is 0 Å². The van der Waals surface area contributed by atoms with Gasteiger partial charge in [-0.3, -0.25) is 18.9 Å². The number of rotatable bonds is 16. The third kappa shape index (κ3) is 7.49. The lowest BCUT2D eigenvalue weighted by Crippen LogP contribution is -2.41. The van der Waals surface area contributed by atoms with Crippen LogP contribution in [-0.2, 0) is 32.1 Å². The molecular weight excluding hydrogens is 562 g/mol. The van der Waals surface area contributed by atoms with Crippen molar-refractivity contribution in [2.75, 3.05) is 26.9 Å². The fourth-order valence-corrected chi connectivity index (χ4v) is 9.21. The molecule has 0 spiro atoms. The highest BCUT2D eigenvalue weighted by Crippen LogP contribution is 2.68. The van der Waals surface area contributed by atoms with E-state index >= 15 is 0 Å². The zero-order valence-electron chi connectivity index (χ0n) is 24.2. The smallest absolute Gasteiger partial charge is 0.334 e. The van der Waals surface area contributed by atoms with E-state index in [2.05, 4.69) is 15.7 Å². The zero-order valence-corrected chi connectivity index (χ0v) is 26.0. The van der Waals surface area contributed by atoms with Gasteiger partial charge in [0.1, 0.15) is 12.2 Å². The van der Waals surface area contributed by atoms with Gasteiger partial charge in [0.15, 0.2) is 6.23 Å². The van der Waals surface area contributed by atoms with Crippen LogP contribution in [0.3, 0.4) is 0 Å². The van der Waals surface area contributed by atoms with Gasteiger partial charge < -0.3 is 27.6 Å². The molecule has 226 valence electrons. The maximum atomic E-state index is 13.6. The van der Waals surface area contributed by atoms with Gasteiger partial charge in [-0.25, -0.2) is 9.46 Å². The van der Waals surface area contributed by atoms with E-state index in [1.165, 1.54) is 23.9 Å². The Morgan fingerprint density at radius 1 is 1.20 bits per heavy atom. The first-order valence-electron chi connectivity index (χ1n) is 13.7. The van der Waals surface area contributed by atoms with E-state index in [-0.39, 0.29) is 44.2 Å². The van der Waals surface area contributed by atoms with Gasteiger partial charge >= 0.3 is 13.3 Å². The molecule has 2 heterocycles. The van der Waals surface area contributed by atoms with Crippen molar-refractivity contribution in [1.82, 2.24) is 14.2 Å². The molecule has 2 aliphatic rings. The summed E-state index contributed by atoms with van der Waals surface area (Å²) in [6, 6.07) is 3.43. The molecule has 1 aliphatic carbocycles. The average Bonchev–Trinajstić information content (AvgIpc) is 3.60. The SMILES string of the molecule is CCOP(=O)(OCC)C1CC1C1OC(n2ccc(=O)[nH]c2=O)C(OC)C1OP(OCCC#N)N(C(C)C)C(C)C. The van der Waals surface area contributed by atoms with Crippen LogP contribution in [0.1, 0.15) is 60.6 Å². The van der Waals surface area contributed by atoms with Crippen LogP contribution in [-0.4, -0.2) is 77.2 Å². The van der Waals surface area contributed by atoms with E-state index in [1.807, 2.05) is 27.7 Å². The van der Waals surface area contributed by atoms with E-state index in [0.29, 0.717) is 6.42 Å². The van der Waals surface area contributed by atoms with Crippen molar-refractivity contribution in [3.63, 3.8) is 0 Å². The first-order chi connectivity index (χ1) is 19.0. The summed E-state index contributed by atoms with van der Waals surface area (Å²) in [5.74, 6) is -0.266. The average molecular weight is 605 g/mol. The summed E-state index contributed by atoms with van der Waals surface area (Å²) in [5, 5.41) is 9.10. The molecule has 0 radical (unpaired) electrons. The molecule has 7 unspecified atom stereocenters. The number of hydrogen-bond acceptors (Lipinski definition) is 11. The summed E-state index contributed by atoms with van der Waals surface area (Å²) in [4.78, 5) is 26.7. The molecule has 40 heavy (non-hydrogen) atoms. The molecule has 15 heteroatoms. The Morgan fingerprint density at radius 3 is 2.38 bits per heavy atom. The minimum Gasteiger partial charge on any atom is -0.374 e. The maximum Gasteiger partial charge on any atom is 0.334 e. The van der Waals surface area contributed by atoms with Crippen LogP contribution in [0.15, 0.2) is 21.9 Å². The molecule has 2 fully saturated rings. The standard InChI is InChI=1S/C25H42N4O9P2/c1-8-35-40(32,36-9-2)19-15-18(19)21-22(38-39(34-14-10-12-26)29(16(3)4)17(5)6)23(33-7)24(37-21)28-13-11-20(30)27-25(28)31/h11,13,16-19,21-24H,8-10,14-15H2,1-7H3,(H,27,30,31). The third-order valence-corrected chi connectivity index (χ3v) is 11.5. The normalized spacial score (nSPS) is 27.4. The number of nitriles is 1. The molecule has 1 saturated carbocycles. The van der Waals surface area contributed by atoms with Crippen LogP contribution < -0.4 is 11.2 Å². The van der Waals surface area contributed by atoms with Gasteiger partial charge in [-0.1, -0.05) is 0 Å². The molecule has 0 amide bonds. The van der Waals surface area contributed by atoms with Crippen LogP contribution >= 0.6 is 16.1 Å². The first kappa shape index (κ1) is 33.1. The minimum absolute atomic E-state index is 0.0531. The van der Waals surface area contributed by atoms with Gasteiger partial charge in [-0.15, -0.1) is 0 Å². The fraction of sp³-hybridized carbons (Fsp3) is 0.800. The van der Waals surface area contributed by atoms with E-state index in [4.69, 9.17) is 32.8 Å². The first-order valence-corrected chi connectivity index (χ1v) is 16.4. The largest absolute Gasteiger partial charge is 0.374 e. The number of methoxy groups -OCH3 is 1. The van der Waals surface area contributed by atoms with Crippen molar-refractivity contribution < 1.29 is 32.1 Å². The molecule has 0 aromatic carbocycles. The van der Waals surface area contributed by atoms with Crippen LogP contribution in [0.25, 0.3) is 0 Å². The maximum absolute atomic E-state index is 13.6. The highest BCUT2D eigenvalue weighted by Gasteiger charge is 2.63. The molecule has 1 aromatic rings. The predicted molar refractivity (Wildman–Crippen MR) is 149 cm³/mol. The van der Waals surface area contributed by atoms with E-state index in [1.54, 1.807) is 13.8 Å². The van der Waals surface area contributed by atoms with Gasteiger partial charge in [0.05, 0.1) is 44.1 Å². The highest BCUT2D eigenvalue weighted by atomic mass is 31.2. The summed E-state index contributed by atoms with van der Waals surface area (Å²) in [6.07, 6.45) is -1.06. The summed E-state index contributed by atoms with van der Waals surface area (Å²) < 4.78 is 53.4. The number of H-pyrrole nitrogens is 1. The lowest BCUT2D eigenvalue weighted by Gasteiger charge is -2.38. The number of ether oxygens (including phenoxy) is 2. The van der Waals surface area contributed by atoms with Crippen molar-refractivity contribution in [2.45, 2.75) is 96.7 Å². The number of nitrogens with one attached hydrogen (secondary N) is 1. The lowest BCUT2D eigenvalue weighted by atomic mass is 10.1. The predicted octanol–water partition coefficient (Wildman–Crippen LogP) is 3.76. The van der Waals surface area contributed by atoms with Crippen molar-refractivity contribution in [2.24, 2.45) is 5.92 Å². The Kier molecular flexibility index (Phi) is 12.1. The summed E-state index contributed by atoms with van der Waals surface area (Å²) in [5.41, 5.74) is -1.60. The summed E-state index contributed by atoms with van der Waals surface area (Å²) in [7, 11) is -3.62. The molecule has 7 atom stereocenters. The number of aromatic amines is 1. The summed E-state index contributed by atoms with van der Waals surface area (Å²) in [6.45, 7) is 12.3. The lowest BCUT2D eigenvalue weighted by molar-refractivity contribution is -0.0571. The monoisotopic (exact) mass is 604 g/mol. The zero-order chi connectivity index (χ0) is 29.6. The number of nitrogens with zero attached hydrogens (tertiary/aromatic N) is 3. The molecular formula is C25H42N4O9P2. The van der Waals surface area contributed by atoms with Gasteiger partial charge in [-0.2, -0.15) is 5.26 Å². The second kappa shape index (κ2) is 14.6. The van der Waals surface area contributed by atoms with Gasteiger partial charge in [0, 0.05) is 37.4 Å².